The van der Waals surface area contributed by atoms with Crippen molar-refractivity contribution in [1.29, 1.82) is 0 Å². The van der Waals surface area contributed by atoms with Crippen LogP contribution in [0.3, 0.4) is 0 Å². The Hall–Kier alpha value is -1.59. The van der Waals surface area contributed by atoms with Crippen LogP contribution in [0, 0.1) is 0 Å². The molecule has 1 N–H and O–H groups in total. The Kier molecular flexibility index (Phi) is 6.24. The molecule has 0 spiro atoms. The zero-order valence-corrected chi connectivity index (χ0v) is 15.4. The lowest BCUT2D eigenvalue weighted by Gasteiger charge is -2.42. The fourth-order valence-corrected chi connectivity index (χ4v) is 3.25. The predicted molar refractivity (Wildman–Crippen MR) is 97.2 cm³/mol. The van der Waals surface area contributed by atoms with E-state index in [0.717, 1.165) is 39.0 Å². The maximum Gasteiger partial charge on any atom is 0.407 e. The average Bonchev–Trinajstić information content (AvgIpc) is 2.55. The van der Waals surface area contributed by atoms with Gasteiger partial charge in [0.25, 0.3) is 0 Å². The molecule has 0 bridgehead atoms. The lowest BCUT2D eigenvalue weighted by molar-refractivity contribution is 0.0659. The Morgan fingerprint density at radius 1 is 1.29 bits per heavy atom. The SMILES string of the molecule is CN1CCN(Cc2ccccc2)C[C@H]1CCC(C)(C)N(C)C(=O)O. The number of likely N-dealkylation sites (N-methyl/N-ethyl adjacent to an activating group) is 1. The highest BCUT2D eigenvalue weighted by Crippen LogP contribution is 2.23. The van der Waals surface area contributed by atoms with Crippen LogP contribution < -0.4 is 0 Å². The number of benzene rings is 1. The number of rotatable bonds is 6. The van der Waals surface area contributed by atoms with Gasteiger partial charge in [0.2, 0.25) is 0 Å². The fraction of sp³-hybridized carbons (Fsp3) is 0.632. The highest BCUT2D eigenvalue weighted by molar-refractivity contribution is 5.65. The molecule has 0 aliphatic carbocycles. The Morgan fingerprint density at radius 3 is 2.58 bits per heavy atom. The summed E-state index contributed by atoms with van der Waals surface area (Å²) in [7, 11) is 3.84. The van der Waals surface area contributed by atoms with Gasteiger partial charge in [0.1, 0.15) is 0 Å². The minimum absolute atomic E-state index is 0.339. The molecule has 5 heteroatoms. The van der Waals surface area contributed by atoms with Gasteiger partial charge in [-0.2, -0.15) is 0 Å². The van der Waals surface area contributed by atoms with Crippen molar-refractivity contribution in [3.05, 3.63) is 35.9 Å². The summed E-state index contributed by atoms with van der Waals surface area (Å²) in [6, 6.07) is 11.1. The van der Waals surface area contributed by atoms with Crippen molar-refractivity contribution in [2.75, 3.05) is 33.7 Å². The van der Waals surface area contributed by atoms with Crippen molar-refractivity contribution in [2.45, 2.75) is 44.8 Å². The first-order chi connectivity index (χ1) is 11.3. The van der Waals surface area contributed by atoms with E-state index in [-0.39, 0.29) is 5.54 Å². The van der Waals surface area contributed by atoms with Gasteiger partial charge in [-0.1, -0.05) is 30.3 Å². The van der Waals surface area contributed by atoms with E-state index in [1.54, 1.807) is 7.05 Å². The predicted octanol–water partition coefficient (Wildman–Crippen LogP) is 2.97. The van der Waals surface area contributed by atoms with E-state index in [9.17, 15) is 9.90 Å². The Morgan fingerprint density at radius 2 is 1.96 bits per heavy atom. The minimum Gasteiger partial charge on any atom is -0.465 e. The number of hydrogen-bond acceptors (Lipinski definition) is 3. The minimum atomic E-state index is -0.859. The number of amides is 1. The molecule has 1 heterocycles. The lowest BCUT2D eigenvalue weighted by atomic mass is 9.93. The molecule has 1 aromatic rings. The molecule has 0 unspecified atom stereocenters. The fourth-order valence-electron chi connectivity index (χ4n) is 3.25. The molecule has 24 heavy (non-hydrogen) atoms. The zero-order chi connectivity index (χ0) is 17.7. The van der Waals surface area contributed by atoms with Gasteiger partial charge < -0.3 is 14.9 Å². The summed E-state index contributed by atoms with van der Waals surface area (Å²) in [6.07, 6.45) is 1.01. The monoisotopic (exact) mass is 333 g/mol. The second kappa shape index (κ2) is 7.99. The van der Waals surface area contributed by atoms with Crippen molar-refractivity contribution in [3.8, 4) is 0 Å². The van der Waals surface area contributed by atoms with E-state index >= 15 is 0 Å². The van der Waals surface area contributed by atoms with Crippen LogP contribution in [0.15, 0.2) is 30.3 Å². The van der Waals surface area contributed by atoms with Crippen LogP contribution >= 0.6 is 0 Å². The lowest BCUT2D eigenvalue weighted by Crippen LogP contribution is -2.52. The van der Waals surface area contributed by atoms with Crippen LogP contribution in [0.5, 0.6) is 0 Å². The first-order valence-corrected chi connectivity index (χ1v) is 8.73. The number of carboxylic acid groups (broad SMARTS) is 1. The molecular weight excluding hydrogens is 302 g/mol. The summed E-state index contributed by atoms with van der Waals surface area (Å²) in [5.41, 5.74) is 1.01. The topological polar surface area (TPSA) is 47.0 Å². The summed E-state index contributed by atoms with van der Waals surface area (Å²) in [5, 5.41) is 9.22. The first-order valence-electron chi connectivity index (χ1n) is 8.73. The van der Waals surface area contributed by atoms with Crippen LogP contribution in [-0.2, 0) is 6.54 Å². The van der Waals surface area contributed by atoms with Crippen LogP contribution in [0.25, 0.3) is 0 Å². The summed E-state index contributed by atoms with van der Waals surface area (Å²) < 4.78 is 0. The molecule has 1 aliphatic rings. The van der Waals surface area contributed by atoms with Crippen molar-refractivity contribution in [1.82, 2.24) is 14.7 Å². The molecule has 1 aliphatic heterocycles. The van der Waals surface area contributed by atoms with Gasteiger partial charge in [-0.25, -0.2) is 4.79 Å². The van der Waals surface area contributed by atoms with E-state index in [1.807, 2.05) is 13.8 Å². The molecule has 5 nitrogen and oxygen atoms in total. The Balaban J connectivity index is 1.90. The molecule has 0 aromatic heterocycles. The second-order valence-corrected chi connectivity index (χ2v) is 7.55. The number of carbonyl (C=O) groups is 1. The van der Waals surface area contributed by atoms with Gasteiger partial charge >= 0.3 is 6.09 Å². The number of piperazine rings is 1. The Bertz CT molecular complexity index is 533. The summed E-state index contributed by atoms with van der Waals surface area (Å²) in [4.78, 5) is 17.6. The van der Waals surface area contributed by atoms with Crippen molar-refractivity contribution < 1.29 is 9.90 Å². The quantitative estimate of drug-likeness (QED) is 0.869. The molecule has 1 amide bonds. The average molecular weight is 333 g/mol. The van der Waals surface area contributed by atoms with Crippen LogP contribution in [0.1, 0.15) is 32.3 Å². The molecule has 1 aromatic carbocycles. The Labute approximate surface area is 145 Å². The third-order valence-corrected chi connectivity index (χ3v) is 5.39. The van der Waals surface area contributed by atoms with Crippen molar-refractivity contribution >= 4 is 6.09 Å². The van der Waals surface area contributed by atoms with Gasteiger partial charge in [-0.05, 0) is 39.3 Å². The maximum atomic E-state index is 11.2. The summed E-state index contributed by atoms with van der Waals surface area (Å²) in [6.45, 7) is 8.19. The zero-order valence-electron chi connectivity index (χ0n) is 15.4. The highest BCUT2D eigenvalue weighted by atomic mass is 16.4. The van der Waals surface area contributed by atoms with E-state index in [1.165, 1.54) is 10.5 Å². The highest BCUT2D eigenvalue weighted by Gasteiger charge is 2.31. The standard InChI is InChI=1S/C19H31N3O2/c1-19(2,21(4)18(23)24)11-10-17-15-22(13-12-20(17)3)14-16-8-6-5-7-9-16/h5-9,17H,10-15H2,1-4H3,(H,23,24)/t17-/m1/s1. The van der Waals surface area contributed by atoms with Crippen LogP contribution in [0.2, 0.25) is 0 Å². The number of hydrogen-bond donors (Lipinski definition) is 1. The van der Waals surface area contributed by atoms with E-state index in [2.05, 4.69) is 47.2 Å². The van der Waals surface area contributed by atoms with Gasteiger partial charge in [0, 0.05) is 44.8 Å². The molecule has 134 valence electrons. The van der Waals surface area contributed by atoms with Gasteiger partial charge in [-0.15, -0.1) is 0 Å². The van der Waals surface area contributed by atoms with Gasteiger partial charge in [-0.3, -0.25) is 4.90 Å². The molecule has 0 saturated carbocycles. The molecule has 1 atom stereocenters. The first kappa shape index (κ1) is 18.7. The van der Waals surface area contributed by atoms with Crippen LogP contribution in [0.4, 0.5) is 4.79 Å². The molecule has 0 radical (unpaired) electrons. The molecular formula is C19H31N3O2. The molecule has 1 saturated heterocycles. The molecule has 1 fully saturated rings. The maximum absolute atomic E-state index is 11.2. The second-order valence-electron chi connectivity index (χ2n) is 7.55. The third-order valence-electron chi connectivity index (χ3n) is 5.39. The molecule has 2 rings (SSSR count). The smallest absolute Gasteiger partial charge is 0.407 e. The van der Waals surface area contributed by atoms with Crippen molar-refractivity contribution in [2.24, 2.45) is 0 Å². The number of nitrogens with zero attached hydrogens (tertiary/aromatic N) is 3. The largest absolute Gasteiger partial charge is 0.465 e. The summed E-state index contributed by atoms with van der Waals surface area (Å²) in [5.74, 6) is 0. The third kappa shape index (κ3) is 4.95. The van der Waals surface area contributed by atoms with Gasteiger partial charge in [0.05, 0.1) is 0 Å². The normalized spacial score (nSPS) is 20.1. The van der Waals surface area contributed by atoms with E-state index in [0.29, 0.717) is 6.04 Å². The van der Waals surface area contributed by atoms with Crippen LogP contribution in [-0.4, -0.2) is 71.2 Å². The summed E-state index contributed by atoms with van der Waals surface area (Å²) >= 11 is 0. The van der Waals surface area contributed by atoms with E-state index in [4.69, 9.17) is 0 Å². The van der Waals surface area contributed by atoms with Gasteiger partial charge in [0.15, 0.2) is 0 Å². The van der Waals surface area contributed by atoms with E-state index < -0.39 is 6.09 Å². The van der Waals surface area contributed by atoms with Crippen molar-refractivity contribution in [3.63, 3.8) is 0 Å².